The van der Waals surface area contributed by atoms with Gasteiger partial charge in [0.15, 0.2) is 6.10 Å². The van der Waals surface area contributed by atoms with Crippen LogP contribution in [0.3, 0.4) is 0 Å². The normalized spacial score (nSPS) is 22.0. The van der Waals surface area contributed by atoms with E-state index < -0.39 is 18.1 Å². The quantitative estimate of drug-likeness (QED) is 0.553. The Bertz CT molecular complexity index is 1170. The lowest BCUT2D eigenvalue weighted by Crippen LogP contribution is -2.37. The molecule has 2 aliphatic heterocycles. The highest BCUT2D eigenvalue weighted by Crippen LogP contribution is 2.48. The molecule has 2 aliphatic rings. The van der Waals surface area contributed by atoms with Gasteiger partial charge in [0.05, 0.1) is 31.6 Å². The molecule has 3 aromatic carbocycles. The summed E-state index contributed by atoms with van der Waals surface area (Å²) in [5.41, 5.74) is 3.19. The summed E-state index contributed by atoms with van der Waals surface area (Å²) >= 11 is 0. The maximum Gasteiger partial charge on any atom is 0.266 e. The molecule has 5 rings (SSSR count). The van der Waals surface area contributed by atoms with Gasteiger partial charge in [-0.05, 0) is 61.0 Å². The van der Waals surface area contributed by atoms with E-state index in [1.54, 1.807) is 31.4 Å². The van der Waals surface area contributed by atoms with Crippen molar-refractivity contribution < 1.29 is 23.9 Å². The van der Waals surface area contributed by atoms with Crippen LogP contribution in [0.1, 0.15) is 17.2 Å². The second-order valence-electron chi connectivity index (χ2n) is 8.14. The largest absolute Gasteiger partial charge is 0.497 e. The molecule has 0 unspecified atom stereocenters. The van der Waals surface area contributed by atoms with Gasteiger partial charge in [-0.3, -0.25) is 14.4 Å². The number of methoxy groups -OCH3 is 2. The highest BCUT2D eigenvalue weighted by atomic mass is 16.7. The van der Waals surface area contributed by atoms with Crippen LogP contribution >= 0.6 is 0 Å². The van der Waals surface area contributed by atoms with Crippen LogP contribution in [0.5, 0.6) is 11.5 Å². The molecule has 2 saturated heterocycles. The van der Waals surface area contributed by atoms with E-state index in [1.165, 1.54) is 4.90 Å². The van der Waals surface area contributed by atoms with Crippen LogP contribution in [0, 0.1) is 12.8 Å². The lowest BCUT2D eigenvalue weighted by Gasteiger charge is -2.29. The van der Waals surface area contributed by atoms with Gasteiger partial charge in [0, 0.05) is 0 Å². The summed E-state index contributed by atoms with van der Waals surface area (Å²) in [6.45, 7) is 1.96. The molecule has 2 fully saturated rings. The number of imide groups is 1. The lowest BCUT2D eigenvalue weighted by molar-refractivity contribution is -0.126. The molecule has 0 saturated carbocycles. The van der Waals surface area contributed by atoms with E-state index in [0.717, 1.165) is 16.8 Å². The Labute approximate surface area is 192 Å². The smallest absolute Gasteiger partial charge is 0.266 e. The number of rotatable bonds is 5. The Balaban J connectivity index is 1.56. The fourth-order valence-corrected chi connectivity index (χ4v) is 4.46. The van der Waals surface area contributed by atoms with Gasteiger partial charge >= 0.3 is 0 Å². The minimum absolute atomic E-state index is 0.273. The lowest BCUT2D eigenvalue weighted by atomic mass is 9.90. The summed E-state index contributed by atoms with van der Waals surface area (Å²) in [6, 6.07) is 21.7. The number of ether oxygens (including phenoxy) is 2. The van der Waals surface area contributed by atoms with Crippen LogP contribution in [0.2, 0.25) is 0 Å². The van der Waals surface area contributed by atoms with E-state index in [4.69, 9.17) is 14.3 Å². The van der Waals surface area contributed by atoms with Crippen molar-refractivity contribution in [2.45, 2.75) is 19.1 Å². The number of fused-ring (bicyclic) bond motifs is 1. The highest BCUT2D eigenvalue weighted by Gasteiger charge is 2.60. The SMILES string of the molecule is COc1ccc([C@@H]2[C@H]3C(=O)N(c4ccc(C)cc4)C(=O)[C@@H]3ON2c2ccc(OC)cc2)cc1. The van der Waals surface area contributed by atoms with Gasteiger partial charge in [-0.25, -0.2) is 9.96 Å². The summed E-state index contributed by atoms with van der Waals surface area (Å²) in [7, 11) is 3.20. The average Bonchev–Trinajstić information content (AvgIpc) is 3.36. The number of hydrogen-bond acceptors (Lipinski definition) is 6. The molecule has 168 valence electrons. The second-order valence-corrected chi connectivity index (χ2v) is 8.14. The first kappa shape index (κ1) is 21.0. The molecule has 2 amide bonds. The van der Waals surface area contributed by atoms with Crippen LogP contribution in [0.15, 0.2) is 72.8 Å². The van der Waals surface area contributed by atoms with E-state index in [1.807, 2.05) is 67.6 Å². The first-order valence-corrected chi connectivity index (χ1v) is 10.7. The van der Waals surface area contributed by atoms with Gasteiger partial charge in [-0.2, -0.15) is 0 Å². The number of carbonyl (C=O) groups excluding carboxylic acids is 2. The summed E-state index contributed by atoms with van der Waals surface area (Å²) in [6.07, 6.45) is -0.909. The van der Waals surface area contributed by atoms with Crippen molar-refractivity contribution in [3.63, 3.8) is 0 Å². The summed E-state index contributed by atoms with van der Waals surface area (Å²) in [4.78, 5) is 34.4. The minimum Gasteiger partial charge on any atom is -0.497 e. The molecule has 7 nitrogen and oxygen atoms in total. The molecule has 0 radical (unpaired) electrons. The zero-order chi connectivity index (χ0) is 23.1. The van der Waals surface area contributed by atoms with Gasteiger partial charge in [-0.15, -0.1) is 0 Å². The topological polar surface area (TPSA) is 68.3 Å². The van der Waals surface area contributed by atoms with E-state index in [9.17, 15) is 9.59 Å². The fourth-order valence-electron chi connectivity index (χ4n) is 4.46. The van der Waals surface area contributed by atoms with Gasteiger partial charge in [-0.1, -0.05) is 29.8 Å². The summed E-state index contributed by atoms with van der Waals surface area (Å²) < 4.78 is 10.6. The molecule has 0 N–H and O–H groups in total. The molecule has 7 heteroatoms. The molecule has 0 bridgehead atoms. The average molecular weight is 444 g/mol. The highest BCUT2D eigenvalue weighted by molar-refractivity contribution is 6.23. The molecule has 0 aliphatic carbocycles. The third-order valence-corrected chi connectivity index (χ3v) is 6.19. The van der Waals surface area contributed by atoms with Crippen LogP contribution in [-0.2, 0) is 14.4 Å². The monoisotopic (exact) mass is 444 g/mol. The van der Waals surface area contributed by atoms with Gasteiger partial charge in [0.25, 0.3) is 5.91 Å². The minimum atomic E-state index is -0.909. The number of anilines is 2. The Morgan fingerprint density at radius 2 is 1.27 bits per heavy atom. The number of amides is 2. The second kappa shape index (κ2) is 8.26. The molecule has 0 spiro atoms. The van der Waals surface area contributed by atoms with E-state index in [-0.39, 0.29) is 11.8 Å². The number of nitrogens with zero attached hydrogens (tertiary/aromatic N) is 2. The van der Waals surface area contributed by atoms with Crippen molar-refractivity contribution in [1.29, 1.82) is 0 Å². The van der Waals surface area contributed by atoms with Gasteiger partial charge in [0.2, 0.25) is 5.91 Å². The predicted molar refractivity (Wildman–Crippen MR) is 123 cm³/mol. The summed E-state index contributed by atoms with van der Waals surface area (Å²) in [5, 5.41) is 1.67. The third-order valence-electron chi connectivity index (χ3n) is 6.19. The van der Waals surface area contributed by atoms with Crippen molar-refractivity contribution in [2.75, 3.05) is 24.2 Å². The van der Waals surface area contributed by atoms with Crippen molar-refractivity contribution >= 4 is 23.2 Å². The molecule has 2 heterocycles. The number of hydroxylamine groups is 1. The van der Waals surface area contributed by atoms with Crippen molar-refractivity contribution in [2.24, 2.45) is 5.92 Å². The number of carbonyl (C=O) groups is 2. The number of hydrogen-bond donors (Lipinski definition) is 0. The molecule has 33 heavy (non-hydrogen) atoms. The fraction of sp³-hybridized carbons (Fsp3) is 0.231. The van der Waals surface area contributed by atoms with Gasteiger partial charge in [0.1, 0.15) is 17.4 Å². The maximum absolute atomic E-state index is 13.6. The summed E-state index contributed by atoms with van der Waals surface area (Å²) in [5.74, 6) is 0.0977. The van der Waals surface area contributed by atoms with Crippen LogP contribution in [0.4, 0.5) is 11.4 Å². The Hall–Kier alpha value is -3.84. The van der Waals surface area contributed by atoms with E-state index >= 15 is 0 Å². The number of aryl methyl sites for hydroxylation is 1. The Morgan fingerprint density at radius 3 is 1.85 bits per heavy atom. The van der Waals surface area contributed by atoms with Crippen molar-refractivity contribution in [1.82, 2.24) is 0 Å². The first-order chi connectivity index (χ1) is 16.0. The van der Waals surface area contributed by atoms with E-state index in [2.05, 4.69) is 0 Å². The predicted octanol–water partition coefficient (Wildman–Crippen LogP) is 4.06. The first-order valence-electron chi connectivity index (χ1n) is 10.7. The molecule has 3 aromatic rings. The Kier molecular flexibility index (Phi) is 5.26. The standard InChI is InChI=1S/C26H24N2O5/c1-16-4-8-18(9-5-16)27-25(29)22-23(17-6-12-20(31-2)13-7-17)28(33-24(22)26(27)30)19-10-14-21(32-3)15-11-19/h4-15,22-24H,1-3H3/t22-,23-,24-/m1/s1. The molecule has 0 aromatic heterocycles. The molecule has 3 atom stereocenters. The van der Waals surface area contributed by atoms with Gasteiger partial charge < -0.3 is 9.47 Å². The Morgan fingerprint density at radius 1 is 0.727 bits per heavy atom. The van der Waals surface area contributed by atoms with Crippen LogP contribution < -0.4 is 19.4 Å². The third kappa shape index (κ3) is 3.50. The molecular formula is C26H24N2O5. The van der Waals surface area contributed by atoms with Crippen LogP contribution in [-0.4, -0.2) is 32.1 Å². The zero-order valence-electron chi connectivity index (χ0n) is 18.6. The van der Waals surface area contributed by atoms with Crippen molar-refractivity contribution in [3.8, 4) is 11.5 Å². The van der Waals surface area contributed by atoms with Crippen LogP contribution in [0.25, 0.3) is 0 Å². The maximum atomic E-state index is 13.6. The van der Waals surface area contributed by atoms with E-state index in [0.29, 0.717) is 17.2 Å². The molecular weight excluding hydrogens is 420 g/mol. The number of benzene rings is 3. The van der Waals surface area contributed by atoms with Crippen molar-refractivity contribution in [3.05, 3.63) is 83.9 Å². The zero-order valence-corrected chi connectivity index (χ0v) is 18.6.